The van der Waals surface area contributed by atoms with E-state index < -0.39 is 5.82 Å². The average Bonchev–Trinajstić information content (AvgIpc) is 2.82. The molecule has 1 aromatic heterocycles. The molecule has 0 amide bonds. The molecule has 2 aromatic rings. The summed E-state index contributed by atoms with van der Waals surface area (Å²) in [6.45, 7) is 3.89. The summed E-state index contributed by atoms with van der Waals surface area (Å²) in [5, 5.41) is 21.0. The number of nitrogens with zero attached hydrogens (tertiary/aromatic N) is 1. The molecule has 0 aliphatic heterocycles. The number of allylic oxidation sites excluding steroid dienone is 1. The zero-order valence-corrected chi connectivity index (χ0v) is 15.1. The molecule has 1 aromatic carbocycles. The van der Waals surface area contributed by atoms with Gasteiger partial charge in [-0.1, -0.05) is 32.3 Å². The van der Waals surface area contributed by atoms with Crippen LogP contribution in [0.4, 0.5) is 4.39 Å². The maximum Gasteiger partial charge on any atom is 0.206 e. The number of halogens is 2. The van der Waals surface area contributed by atoms with Crippen LogP contribution in [0.2, 0.25) is 5.02 Å². The first-order valence-corrected chi connectivity index (χ1v) is 9.55. The van der Waals surface area contributed by atoms with E-state index >= 15 is 0 Å². The van der Waals surface area contributed by atoms with E-state index in [1.807, 2.05) is 19.7 Å². The largest absolute Gasteiger partial charge is 0.494 e. The van der Waals surface area contributed by atoms with Crippen LogP contribution in [0, 0.1) is 5.82 Å². The van der Waals surface area contributed by atoms with Gasteiger partial charge >= 0.3 is 0 Å². The van der Waals surface area contributed by atoms with Gasteiger partial charge in [0.25, 0.3) is 0 Å². The normalized spacial score (nSPS) is 15.0. The predicted octanol–water partition coefficient (Wildman–Crippen LogP) is 4.67. The molecule has 0 radical (unpaired) electrons. The third-order valence-corrected chi connectivity index (χ3v) is 5.28. The van der Waals surface area contributed by atoms with Gasteiger partial charge in [-0.3, -0.25) is 0 Å². The minimum Gasteiger partial charge on any atom is -0.494 e. The maximum absolute atomic E-state index is 14.5. The Morgan fingerprint density at radius 3 is 2.75 bits per heavy atom. The Kier molecular flexibility index (Phi) is 4.75. The fourth-order valence-electron chi connectivity index (χ4n) is 2.72. The number of benzene rings is 1. The van der Waals surface area contributed by atoms with Crippen molar-refractivity contribution in [2.75, 3.05) is 6.66 Å². The van der Waals surface area contributed by atoms with Crippen LogP contribution >= 0.6 is 20.2 Å². The van der Waals surface area contributed by atoms with Crippen LogP contribution in [0.25, 0.3) is 11.8 Å². The molecule has 128 valence electrons. The summed E-state index contributed by atoms with van der Waals surface area (Å²) in [5.74, 6) is -0.763. The average molecular weight is 370 g/mol. The van der Waals surface area contributed by atoms with Crippen molar-refractivity contribution in [1.82, 2.24) is 4.57 Å². The van der Waals surface area contributed by atoms with Crippen LogP contribution in [-0.2, 0) is 6.42 Å². The second kappa shape index (κ2) is 6.66. The zero-order valence-electron chi connectivity index (χ0n) is 13.3. The topological polar surface area (TPSA) is 54.6 Å². The Morgan fingerprint density at radius 1 is 1.33 bits per heavy atom. The van der Waals surface area contributed by atoms with Gasteiger partial charge < -0.3 is 14.9 Å². The van der Waals surface area contributed by atoms with E-state index in [1.54, 1.807) is 6.08 Å². The van der Waals surface area contributed by atoms with Crippen molar-refractivity contribution in [3.05, 3.63) is 40.2 Å². The Balaban J connectivity index is 2.15. The van der Waals surface area contributed by atoms with Crippen molar-refractivity contribution in [2.24, 2.45) is 0 Å². The SMILES string of the molecule is CPC(C)Oc1cc(-n2c(O)c3c(c2O)CCC=C3)c(F)cc1Cl. The summed E-state index contributed by atoms with van der Waals surface area (Å²) >= 11 is 6.06. The van der Waals surface area contributed by atoms with Crippen molar-refractivity contribution in [3.63, 3.8) is 0 Å². The van der Waals surface area contributed by atoms with Crippen molar-refractivity contribution in [3.8, 4) is 23.2 Å². The Bertz CT molecular complexity index is 819. The van der Waals surface area contributed by atoms with E-state index in [1.165, 1.54) is 6.07 Å². The van der Waals surface area contributed by atoms with Crippen molar-refractivity contribution >= 4 is 26.3 Å². The summed E-state index contributed by atoms with van der Waals surface area (Å²) in [6.07, 6.45) is 4.99. The maximum atomic E-state index is 14.5. The number of hydrogen-bond donors (Lipinski definition) is 2. The minimum absolute atomic E-state index is 0.00108. The number of aromatic nitrogens is 1. The molecule has 4 nitrogen and oxygen atoms in total. The highest BCUT2D eigenvalue weighted by Crippen LogP contribution is 2.42. The van der Waals surface area contributed by atoms with Gasteiger partial charge in [0, 0.05) is 17.2 Å². The molecule has 24 heavy (non-hydrogen) atoms. The molecule has 1 aliphatic carbocycles. The highest BCUT2D eigenvalue weighted by Gasteiger charge is 2.25. The summed E-state index contributed by atoms with van der Waals surface area (Å²) in [7, 11) is 0.530. The molecular formula is C17H18ClFNO3P. The smallest absolute Gasteiger partial charge is 0.206 e. The lowest BCUT2D eigenvalue weighted by molar-refractivity contribution is 0.304. The molecule has 1 aliphatic rings. The van der Waals surface area contributed by atoms with Crippen LogP contribution in [0.1, 0.15) is 24.5 Å². The van der Waals surface area contributed by atoms with Crippen LogP contribution in [-0.4, -0.2) is 27.3 Å². The van der Waals surface area contributed by atoms with E-state index in [-0.39, 0.29) is 28.3 Å². The van der Waals surface area contributed by atoms with E-state index in [9.17, 15) is 14.6 Å². The fourth-order valence-corrected chi connectivity index (χ4v) is 3.16. The molecular weight excluding hydrogens is 352 g/mol. The quantitative estimate of drug-likeness (QED) is 0.770. The predicted molar refractivity (Wildman–Crippen MR) is 95.8 cm³/mol. The molecule has 0 fully saturated rings. The number of rotatable bonds is 4. The lowest BCUT2D eigenvalue weighted by Crippen LogP contribution is -2.06. The Hall–Kier alpha value is -1.71. The van der Waals surface area contributed by atoms with Gasteiger partial charge in [0.05, 0.1) is 10.7 Å². The van der Waals surface area contributed by atoms with Crippen LogP contribution in [0.5, 0.6) is 17.5 Å². The highest BCUT2D eigenvalue weighted by atomic mass is 35.5. The van der Waals surface area contributed by atoms with E-state index in [0.29, 0.717) is 31.9 Å². The second-order valence-corrected chi connectivity index (χ2v) is 7.40. The number of ether oxygens (including phenoxy) is 1. The van der Waals surface area contributed by atoms with Gasteiger partial charge in [-0.25, -0.2) is 8.96 Å². The lowest BCUT2D eigenvalue weighted by atomic mass is 10.0. The third-order valence-electron chi connectivity index (χ3n) is 4.06. The first kappa shape index (κ1) is 17.1. The number of fused-ring (bicyclic) bond motifs is 1. The number of aromatic hydroxyl groups is 2. The monoisotopic (exact) mass is 369 g/mol. The number of hydrogen-bond acceptors (Lipinski definition) is 3. The fraction of sp³-hybridized carbons (Fsp3) is 0.294. The molecule has 0 saturated heterocycles. The molecule has 2 atom stereocenters. The van der Waals surface area contributed by atoms with Crippen molar-refractivity contribution < 1.29 is 19.3 Å². The third kappa shape index (κ3) is 2.87. The van der Waals surface area contributed by atoms with Crippen LogP contribution in [0.3, 0.4) is 0 Å². The summed E-state index contributed by atoms with van der Waals surface area (Å²) < 4.78 is 21.3. The molecule has 3 rings (SSSR count). The van der Waals surface area contributed by atoms with E-state index in [0.717, 1.165) is 17.1 Å². The van der Waals surface area contributed by atoms with E-state index in [2.05, 4.69) is 0 Å². The lowest BCUT2D eigenvalue weighted by Gasteiger charge is -2.16. The van der Waals surface area contributed by atoms with Crippen molar-refractivity contribution in [1.29, 1.82) is 0 Å². The minimum atomic E-state index is -0.652. The summed E-state index contributed by atoms with van der Waals surface area (Å²) in [6, 6.07) is 2.54. The first-order valence-electron chi connectivity index (χ1n) is 7.59. The highest BCUT2D eigenvalue weighted by molar-refractivity contribution is 7.37. The molecule has 0 spiro atoms. The van der Waals surface area contributed by atoms with Gasteiger partial charge in [-0.05, 0) is 32.5 Å². The molecule has 1 heterocycles. The molecule has 0 bridgehead atoms. The van der Waals surface area contributed by atoms with Gasteiger partial charge in [0.2, 0.25) is 11.8 Å². The van der Waals surface area contributed by atoms with Gasteiger partial charge in [0.1, 0.15) is 17.4 Å². The molecule has 0 saturated carbocycles. The molecule has 7 heteroatoms. The van der Waals surface area contributed by atoms with Gasteiger partial charge in [-0.15, -0.1) is 0 Å². The summed E-state index contributed by atoms with van der Waals surface area (Å²) in [5.41, 5.74) is 1.12. The first-order chi connectivity index (χ1) is 11.4. The molecule has 2 unspecified atom stereocenters. The molecule has 2 N–H and O–H groups in total. The van der Waals surface area contributed by atoms with Crippen molar-refractivity contribution in [2.45, 2.75) is 25.6 Å². The van der Waals surface area contributed by atoms with Gasteiger partial charge in [0.15, 0.2) is 0 Å². The van der Waals surface area contributed by atoms with Crippen LogP contribution < -0.4 is 4.74 Å². The Morgan fingerprint density at radius 2 is 2.08 bits per heavy atom. The second-order valence-electron chi connectivity index (χ2n) is 5.60. The zero-order chi connectivity index (χ0) is 17.4. The van der Waals surface area contributed by atoms with Gasteiger partial charge in [-0.2, -0.15) is 0 Å². The summed E-state index contributed by atoms with van der Waals surface area (Å²) in [4.78, 5) is 0. The van der Waals surface area contributed by atoms with Crippen LogP contribution in [0.15, 0.2) is 18.2 Å². The Labute approximate surface area is 146 Å². The van der Waals surface area contributed by atoms with E-state index in [4.69, 9.17) is 16.3 Å². The standard InChI is InChI=1S/C17H18ClFNO3P/c1-9(24-2)23-15-8-14(13(19)7-12(15)18)20-16(21)10-5-3-4-6-11(10)17(20)22/h3,5,7-9,21-22,24H,4,6H2,1-2H3.